The summed E-state index contributed by atoms with van der Waals surface area (Å²) in [6, 6.07) is 35.0. The average molecular weight is 662 g/mol. The first-order valence-electron chi connectivity index (χ1n) is 12.5. The number of para-hydroxylation sites is 1. The molecular weight excluding hydrogens is 631 g/mol. The molecule has 0 spiro atoms. The third-order valence-electron chi connectivity index (χ3n) is 6.23. The predicted octanol–water partition coefficient (Wildman–Crippen LogP) is 8.44. The molecule has 1 atom stereocenters. The van der Waals surface area contributed by atoms with E-state index in [9.17, 15) is 0 Å². The summed E-state index contributed by atoms with van der Waals surface area (Å²) in [5, 5.41) is 0. The molecule has 4 heteroatoms. The summed E-state index contributed by atoms with van der Waals surface area (Å²) in [5.41, 5.74) is 8.44. The predicted molar refractivity (Wildman–Crippen MR) is 149 cm³/mol. The molecule has 1 aliphatic rings. The van der Waals surface area contributed by atoms with Crippen LogP contribution in [0.2, 0.25) is 0 Å². The van der Waals surface area contributed by atoms with Gasteiger partial charge in [-0.1, -0.05) is 51.1 Å². The van der Waals surface area contributed by atoms with Gasteiger partial charge in [-0.15, -0.1) is 71.8 Å². The van der Waals surface area contributed by atoms with Crippen LogP contribution in [-0.2, 0) is 20.1 Å². The van der Waals surface area contributed by atoms with Crippen molar-refractivity contribution in [3.8, 4) is 22.6 Å². The third kappa shape index (κ3) is 5.98. The average Bonchev–Trinajstić information content (AvgIpc) is 3.29. The van der Waals surface area contributed by atoms with Crippen molar-refractivity contribution in [2.24, 2.45) is 5.41 Å². The van der Waals surface area contributed by atoms with Crippen LogP contribution in [0, 0.1) is 17.5 Å². The molecule has 189 valence electrons. The quantitative estimate of drug-likeness (QED) is 0.182. The van der Waals surface area contributed by atoms with E-state index in [1.807, 2.05) is 60.7 Å². The standard InChI is InChI=1S/C22H23N2.C11H8N.Ir/c1-15-13-17(14-22(2,3)4)18-11-8-12-19-20(18)24(15)21(23-19)16-9-6-5-7-10-16;1-2-6-10(7-3-1)11-8-4-5-9-12-11;/h5-9,11-13,15H,14H2,1-4H3;1-6,8-9H;/q2*-1;. The van der Waals surface area contributed by atoms with Crippen molar-refractivity contribution in [2.45, 2.75) is 40.2 Å². The van der Waals surface area contributed by atoms with Crippen LogP contribution in [0.1, 0.15) is 45.7 Å². The molecule has 3 heterocycles. The van der Waals surface area contributed by atoms with Gasteiger partial charge >= 0.3 is 0 Å². The van der Waals surface area contributed by atoms with E-state index in [2.05, 4.69) is 79.7 Å². The summed E-state index contributed by atoms with van der Waals surface area (Å²) < 4.78 is 2.36. The molecule has 0 aliphatic carbocycles. The maximum absolute atomic E-state index is 4.93. The van der Waals surface area contributed by atoms with E-state index >= 15 is 0 Å². The molecular formula is C33H31IrN3-2. The SMILES string of the molecule is CC1C=C(CC(C)(C)C)c2cccc3nc(-c4[c-]cccc4)n1c23.[Ir].[c-]1ccccc1-c1ccccn1. The Morgan fingerprint density at radius 3 is 2.16 bits per heavy atom. The van der Waals surface area contributed by atoms with Crippen molar-refractivity contribution in [1.29, 1.82) is 0 Å². The molecule has 3 nitrogen and oxygen atoms in total. The van der Waals surface area contributed by atoms with E-state index in [0.29, 0.717) is 6.04 Å². The molecule has 0 N–H and O–H groups in total. The summed E-state index contributed by atoms with van der Waals surface area (Å²) >= 11 is 0. The fourth-order valence-corrected chi connectivity index (χ4v) is 4.78. The van der Waals surface area contributed by atoms with E-state index in [-0.39, 0.29) is 25.5 Å². The van der Waals surface area contributed by atoms with Gasteiger partial charge in [0.2, 0.25) is 0 Å². The molecule has 6 rings (SSSR count). The number of benzene rings is 3. The van der Waals surface area contributed by atoms with Crippen LogP contribution in [0.3, 0.4) is 0 Å². The van der Waals surface area contributed by atoms with Crippen molar-refractivity contribution < 1.29 is 20.1 Å². The minimum absolute atomic E-state index is 0. The zero-order chi connectivity index (χ0) is 25.1. The minimum Gasteiger partial charge on any atom is -0.358 e. The number of imidazole rings is 1. The Kier molecular flexibility index (Phi) is 8.22. The second kappa shape index (κ2) is 11.4. The van der Waals surface area contributed by atoms with Crippen LogP contribution in [0.5, 0.6) is 0 Å². The van der Waals surface area contributed by atoms with E-state index in [1.165, 1.54) is 16.7 Å². The van der Waals surface area contributed by atoms with Gasteiger partial charge in [-0.25, -0.2) is 0 Å². The summed E-state index contributed by atoms with van der Waals surface area (Å²) in [6.45, 7) is 9.16. The van der Waals surface area contributed by atoms with Crippen LogP contribution in [0.15, 0.2) is 97.2 Å². The summed E-state index contributed by atoms with van der Waals surface area (Å²) in [7, 11) is 0. The van der Waals surface area contributed by atoms with Gasteiger partial charge in [0.1, 0.15) is 0 Å². The number of aromatic nitrogens is 3. The van der Waals surface area contributed by atoms with Gasteiger partial charge in [-0.05, 0) is 42.2 Å². The smallest absolute Gasteiger partial charge is 0.0777 e. The Morgan fingerprint density at radius 1 is 0.838 bits per heavy atom. The van der Waals surface area contributed by atoms with E-state index in [1.54, 1.807) is 6.20 Å². The molecule has 3 aromatic carbocycles. The maximum atomic E-state index is 4.93. The van der Waals surface area contributed by atoms with Crippen molar-refractivity contribution in [2.75, 3.05) is 0 Å². The van der Waals surface area contributed by atoms with Crippen LogP contribution >= 0.6 is 0 Å². The van der Waals surface area contributed by atoms with Crippen molar-refractivity contribution in [1.82, 2.24) is 14.5 Å². The Balaban J connectivity index is 0.000000208. The summed E-state index contributed by atoms with van der Waals surface area (Å²) in [6.07, 6.45) is 5.27. The van der Waals surface area contributed by atoms with Gasteiger partial charge in [-0.3, -0.25) is 4.98 Å². The van der Waals surface area contributed by atoms with Crippen molar-refractivity contribution in [3.63, 3.8) is 0 Å². The molecule has 0 fully saturated rings. The number of rotatable bonds is 3. The monoisotopic (exact) mass is 662 g/mol. The molecule has 0 amide bonds. The first kappa shape index (κ1) is 26.7. The summed E-state index contributed by atoms with van der Waals surface area (Å²) in [5.74, 6) is 1.01. The molecule has 0 bridgehead atoms. The van der Waals surface area contributed by atoms with Gasteiger partial charge in [0.25, 0.3) is 0 Å². The first-order chi connectivity index (χ1) is 17.4. The topological polar surface area (TPSA) is 30.7 Å². The Labute approximate surface area is 233 Å². The Bertz CT molecular complexity index is 1440. The van der Waals surface area contributed by atoms with Crippen molar-refractivity contribution >= 4 is 16.6 Å². The molecule has 0 saturated heterocycles. The van der Waals surface area contributed by atoms with Crippen LogP contribution in [-0.4, -0.2) is 14.5 Å². The molecule has 0 saturated carbocycles. The van der Waals surface area contributed by atoms with Gasteiger partial charge in [0.15, 0.2) is 0 Å². The van der Waals surface area contributed by atoms with E-state index in [0.717, 1.165) is 34.6 Å². The first-order valence-corrected chi connectivity index (χ1v) is 12.5. The number of pyridine rings is 1. The van der Waals surface area contributed by atoms with E-state index < -0.39 is 0 Å². The molecule has 1 radical (unpaired) electrons. The fraction of sp³-hybridized carbons (Fsp3) is 0.212. The molecule has 5 aromatic rings. The van der Waals surface area contributed by atoms with Gasteiger partial charge < -0.3 is 9.55 Å². The van der Waals surface area contributed by atoms with Crippen LogP contribution in [0.4, 0.5) is 0 Å². The zero-order valence-electron chi connectivity index (χ0n) is 21.7. The number of nitrogens with zero attached hydrogens (tertiary/aromatic N) is 3. The van der Waals surface area contributed by atoms with Crippen LogP contribution in [0.25, 0.3) is 39.3 Å². The number of hydrogen-bond acceptors (Lipinski definition) is 2. The molecule has 1 aliphatic heterocycles. The molecule has 1 unspecified atom stereocenters. The second-order valence-corrected chi connectivity index (χ2v) is 10.4. The molecule has 37 heavy (non-hydrogen) atoms. The number of hydrogen-bond donors (Lipinski definition) is 0. The second-order valence-electron chi connectivity index (χ2n) is 10.4. The minimum atomic E-state index is 0. The zero-order valence-corrected chi connectivity index (χ0v) is 24.1. The van der Waals surface area contributed by atoms with Gasteiger partial charge in [0.05, 0.1) is 16.9 Å². The van der Waals surface area contributed by atoms with E-state index in [4.69, 9.17) is 4.98 Å². The van der Waals surface area contributed by atoms with Crippen molar-refractivity contribution in [3.05, 3.63) is 115 Å². The number of allylic oxidation sites excluding steroid dienone is 2. The van der Waals surface area contributed by atoms with Gasteiger partial charge in [-0.2, -0.15) is 0 Å². The van der Waals surface area contributed by atoms with Gasteiger partial charge in [0, 0.05) is 37.9 Å². The van der Waals surface area contributed by atoms with Crippen LogP contribution < -0.4 is 0 Å². The normalized spacial score (nSPS) is 14.3. The maximum Gasteiger partial charge on any atom is 0.0777 e. The third-order valence-corrected chi connectivity index (χ3v) is 6.23. The Morgan fingerprint density at radius 2 is 1.54 bits per heavy atom. The molecule has 2 aromatic heterocycles. The Hall–Kier alpha value is -3.33. The largest absolute Gasteiger partial charge is 0.358 e. The fourth-order valence-electron chi connectivity index (χ4n) is 4.78. The summed E-state index contributed by atoms with van der Waals surface area (Å²) in [4.78, 5) is 9.15.